The first-order chi connectivity index (χ1) is 5.86. The highest BCUT2D eigenvalue weighted by molar-refractivity contribution is 5.24. The van der Waals surface area contributed by atoms with Crippen LogP contribution in [0.1, 0.15) is 19.3 Å². The summed E-state index contributed by atoms with van der Waals surface area (Å²) >= 11 is 0. The molecule has 1 N–H and O–H groups in total. The molecular weight excluding hydrogens is 150 g/mol. The van der Waals surface area contributed by atoms with Gasteiger partial charge in [0.15, 0.2) is 0 Å². The molecule has 0 aromatic heterocycles. The smallest absolute Gasteiger partial charge is 0.102 e. The van der Waals surface area contributed by atoms with E-state index in [1.54, 1.807) is 12.4 Å². The molecule has 2 heteroatoms. The first-order valence-electron chi connectivity index (χ1n) is 4.45. The summed E-state index contributed by atoms with van der Waals surface area (Å²) in [5.74, 6) is 0.595. The lowest BCUT2D eigenvalue weighted by Crippen LogP contribution is -2.96. The van der Waals surface area contributed by atoms with Gasteiger partial charge in [-0.3, -0.25) is 0 Å². The van der Waals surface area contributed by atoms with E-state index in [1.807, 2.05) is 6.08 Å². The number of quaternary nitrogens is 1. The van der Waals surface area contributed by atoms with Crippen LogP contribution in [0.15, 0.2) is 36.2 Å². The van der Waals surface area contributed by atoms with Crippen molar-refractivity contribution in [3.63, 3.8) is 0 Å². The highest BCUT2D eigenvalue weighted by Crippen LogP contribution is 2.26. The normalized spacial score (nSPS) is 33.9. The summed E-state index contributed by atoms with van der Waals surface area (Å²) in [5.41, 5.74) is 1.22. The van der Waals surface area contributed by atoms with E-state index in [-0.39, 0.29) is 5.06 Å². The Morgan fingerprint density at radius 1 is 1.42 bits per heavy atom. The highest BCUT2D eigenvalue weighted by atomic mass is 16.5. The highest BCUT2D eigenvalue weighted by Gasteiger charge is 2.17. The van der Waals surface area contributed by atoms with Crippen molar-refractivity contribution in [1.29, 1.82) is 0 Å². The molecule has 0 saturated heterocycles. The van der Waals surface area contributed by atoms with Gasteiger partial charge in [-0.25, -0.2) is 0 Å². The minimum absolute atomic E-state index is 0.138. The maximum atomic E-state index is 11.1. The number of nitrogens with one attached hydrogen (secondary N) is 1. The molecule has 0 bridgehead atoms. The Hall–Kier alpha value is -0.860. The van der Waals surface area contributed by atoms with Crippen molar-refractivity contribution < 1.29 is 5.06 Å². The van der Waals surface area contributed by atoms with Crippen molar-refractivity contribution in [1.82, 2.24) is 0 Å². The maximum absolute atomic E-state index is 11.1. The molecule has 64 valence electrons. The molecule has 1 aliphatic heterocycles. The fraction of sp³-hybridized carbons (Fsp3) is 0.400. The third-order valence-corrected chi connectivity index (χ3v) is 2.48. The minimum Gasteiger partial charge on any atom is -0.624 e. The number of allylic oxidation sites excluding steroid dienone is 4. The van der Waals surface area contributed by atoms with Gasteiger partial charge < -0.3 is 10.3 Å². The third kappa shape index (κ3) is 1.49. The van der Waals surface area contributed by atoms with E-state index in [0.717, 1.165) is 12.8 Å². The third-order valence-electron chi connectivity index (χ3n) is 2.48. The molecule has 1 heterocycles. The van der Waals surface area contributed by atoms with Crippen molar-refractivity contribution in [3.8, 4) is 0 Å². The van der Waals surface area contributed by atoms with Gasteiger partial charge in [0.25, 0.3) is 0 Å². The summed E-state index contributed by atoms with van der Waals surface area (Å²) in [5, 5.41) is 11.3. The van der Waals surface area contributed by atoms with E-state index in [0.29, 0.717) is 5.92 Å². The summed E-state index contributed by atoms with van der Waals surface area (Å²) in [7, 11) is 0. The van der Waals surface area contributed by atoms with E-state index in [9.17, 15) is 5.21 Å². The summed E-state index contributed by atoms with van der Waals surface area (Å²) < 4.78 is 0. The molecule has 12 heavy (non-hydrogen) atoms. The molecule has 0 fully saturated rings. The van der Waals surface area contributed by atoms with E-state index in [2.05, 4.69) is 12.2 Å². The molecule has 0 saturated carbocycles. The number of hydrogen-bond acceptors (Lipinski definition) is 1. The largest absolute Gasteiger partial charge is 0.624 e. The SMILES string of the molecule is [O-][NH+]1C=CCC2CCC=CC2=C1. The topological polar surface area (TPSA) is 27.5 Å². The van der Waals surface area contributed by atoms with Crippen molar-refractivity contribution in [2.24, 2.45) is 5.92 Å². The van der Waals surface area contributed by atoms with Gasteiger partial charge in [0.2, 0.25) is 0 Å². The van der Waals surface area contributed by atoms with E-state index in [1.165, 1.54) is 12.0 Å². The van der Waals surface area contributed by atoms with Crippen LogP contribution in [0, 0.1) is 11.1 Å². The Kier molecular flexibility index (Phi) is 2.11. The molecule has 2 aliphatic rings. The minimum atomic E-state index is 0.138. The first-order valence-corrected chi connectivity index (χ1v) is 4.45. The van der Waals surface area contributed by atoms with Crippen LogP contribution in [0.4, 0.5) is 0 Å². The van der Waals surface area contributed by atoms with Gasteiger partial charge in [0.05, 0.1) is 6.20 Å². The van der Waals surface area contributed by atoms with Crippen LogP contribution >= 0.6 is 0 Å². The second-order valence-corrected chi connectivity index (χ2v) is 3.36. The van der Waals surface area contributed by atoms with Crippen molar-refractivity contribution in [3.05, 3.63) is 41.4 Å². The Morgan fingerprint density at radius 3 is 3.25 bits per heavy atom. The Balaban J connectivity index is 2.26. The number of hydrogen-bond donors (Lipinski definition) is 1. The summed E-state index contributed by atoms with van der Waals surface area (Å²) in [6.45, 7) is 0. The summed E-state index contributed by atoms with van der Waals surface area (Å²) in [6.07, 6.45) is 13.1. The van der Waals surface area contributed by atoms with Gasteiger partial charge in [0.1, 0.15) is 6.20 Å². The number of fused-ring (bicyclic) bond motifs is 1. The van der Waals surface area contributed by atoms with Gasteiger partial charge in [-0.2, -0.15) is 0 Å². The molecule has 2 rings (SSSR count). The average molecular weight is 163 g/mol. The predicted molar refractivity (Wildman–Crippen MR) is 48.0 cm³/mol. The van der Waals surface area contributed by atoms with E-state index < -0.39 is 0 Å². The second kappa shape index (κ2) is 3.25. The molecule has 1 aliphatic carbocycles. The van der Waals surface area contributed by atoms with Crippen molar-refractivity contribution in [2.75, 3.05) is 0 Å². The fourth-order valence-corrected chi connectivity index (χ4v) is 1.80. The van der Waals surface area contributed by atoms with Crippen LogP contribution in [0.5, 0.6) is 0 Å². The fourth-order valence-electron chi connectivity index (χ4n) is 1.80. The molecule has 2 atom stereocenters. The first kappa shape index (κ1) is 7.77. The number of rotatable bonds is 0. The zero-order valence-electron chi connectivity index (χ0n) is 6.99. The molecule has 2 nitrogen and oxygen atoms in total. The Morgan fingerprint density at radius 2 is 2.33 bits per heavy atom. The quantitative estimate of drug-likeness (QED) is 0.533. The van der Waals surface area contributed by atoms with Crippen molar-refractivity contribution >= 4 is 0 Å². The maximum Gasteiger partial charge on any atom is 0.102 e. The standard InChI is InChI=1S/C10H13NO/c12-11-7-3-6-9-4-1-2-5-10(9)8-11/h2-3,5,7-9,11H,1,4,6H2. The lowest BCUT2D eigenvalue weighted by atomic mass is 9.88. The van der Waals surface area contributed by atoms with E-state index in [4.69, 9.17) is 0 Å². The second-order valence-electron chi connectivity index (χ2n) is 3.36. The molecule has 0 amide bonds. The van der Waals surface area contributed by atoms with Crippen LogP contribution < -0.4 is 5.06 Å². The Labute approximate surface area is 72.5 Å². The molecule has 0 aromatic rings. The molecule has 0 aromatic carbocycles. The molecule has 0 radical (unpaired) electrons. The van der Waals surface area contributed by atoms with Gasteiger partial charge >= 0.3 is 0 Å². The van der Waals surface area contributed by atoms with Gasteiger partial charge in [-0.05, 0) is 31.3 Å². The number of hydroxylamine groups is 2. The zero-order chi connectivity index (χ0) is 8.39. The van der Waals surface area contributed by atoms with Crippen LogP contribution in [0.2, 0.25) is 0 Å². The monoisotopic (exact) mass is 163 g/mol. The Bertz CT molecular complexity index is 253. The lowest BCUT2D eigenvalue weighted by Gasteiger charge is -2.18. The molecule has 0 spiro atoms. The van der Waals surface area contributed by atoms with Gasteiger partial charge in [0, 0.05) is 5.57 Å². The molecular formula is C10H13NO. The summed E-state index contributed by atoms with van der Waals surface area (Å²) in [4.78, 5) is 0. The molecule has 2 unspecified atom stereocenters. The van der Waals surface area contributed by atoms with Crippen LogP contribution in [-0.4, -0.2) is 0 Å². The lowest BCUT2D eigenvalue weighted by molar-refractivity contribution is -0.730. The van der Waals surface area contributed by atoms with E-state index >= 15 is 0 Å². The predicted octanol–water partition coefficient (Wildman–Crippen LogP) is 1.14. The van der Waals surface area contributed by atoms with Gasteiger partial charge in [-0.1, -0.05) is 12.2 Å². The van der Waals surface area contributed by atoms with Gasteiger partial charge in [-0.15, -0.1) is 0 Å². The zero-order valence-corrected chi connectivity index (χ0v) is 6.99. The summed E-state index contributed by atoms with van der Waals surface area (Å²) in [6, 6.07) is 0. The van der Waals surface area contributed by atoms with Crippen molar-refractivity contribution in [2.45, 2.75) is 19.3 Å². The van der Waals surface area contributed by atoms with Crippen LogP contribution in [0.25, 0.3) is 0 Å². The van der Waals surface area contributed by atoms with Crippen LogP contribution in [-0.2, 0) is 0 Å². The average Bonchev–Trinajstić information content (AvgIpc) is 2.25. The van der Waals surface area contributed by atoms with Crippen LogP contribution in [0.3, 0.4) is 0 Å².